The SMILES string of the molecule is C1=C2CNCCCCCNCC3=C=C(CNCCCCCNCC=1C1=CC=CC=C=C21)C1=CC=CC=C=C31. The van der Waals surface area contributed by atoms with Gasteiger partial charge in [-0.3, -0.25) is 0 Å². The smallest absolute Gasteiger partial charge is 0.0369 e. The van der Waals surface area contributed by atoms with Crippen molar-refractivity contribution in [2.75, 3.05) is 52.4 Å². The normalized spacial score (nSPS) is 23.2. The fraction of sp³-hybridized carbons (Fsp3) is 0.412. The second-order valence-electron chi connectivity index (χ2n) is 10.3. The summed E-state index contributed by atoms with van der Waals surface area (Å²) in [5.74, 6) is 0. The van der Waals surface area contributed by atoms with Crippen molar-refractivity contribution in [2.24, 2.45) is 0 Å². The molecule has 0 saturated heterocycles. The number of rotatable bonds is 0. The maximum absolute atomic E-state index is 3.69. The molecule has 0 atom stereocenters. The van der Waals surface area contributed by atoms with Gasteiger partial charge in [0.2, 0.25) is 0 Å². The molecule has 196 valence electrons. The van der Waals surface area contributed by atoms with E-state index in [1.54, 1.807) is 0 Å². The van der Waals surface area contributed by atoms with Crippen molar-refractivity contribution >= 4 is 0 Å². The Labute approximate surface area is 228 Å². The molecule has 0 unspecified atom stereocenters. The topological polar surface area (TPSA) is 48.1 Å². The summed E-state index contributed by atoms with van der Waals surface area (Å²) in [6.07, 6.45) is 23.9. The highest BCUT2D eigenvalue weighted by Gasteiger charge is 2.22. The van der Waals surface area contributed by atoms with E-state index in [1.807, 2.05) is 12.2 Å². The molecule has 0 radical (unpaired) electrons. The van der Waals surface area contributed by atoms with Gasteiger partial charge in [0.15, 0.2) is 0 Å². The second-order valence-corrected chi connectivity index (χ2v) is 10.3. The van der Waals surface area contributed by atoms with Crippen LogP contribution in [0.1, 0.15) is 38.5 Å². The Bertz CT molecular complexity index is 1200. The maximum atomic E-state index is 3.69. The summed E-state index contributed by atoms with van der Waals surface area (Å²) in [6.45, 7) is 7.51. The molecule has 1 aliphatic heterocycles. The zero-order chi connectivity index (χ0) is 25.8. The van der Waals surface area contributed by atoms with E-state index in [0.717, 1.165) is 52.4 Å². The summed E-state index contributed by atoms with van der Waals surface area (Å²) in [6, 6.07) is 0. The highest BCUT2D eigenvalue weighted by atomic mass is 14.9. The molecule has 0 aromatic rings. The highest BCUT2D eigenvalue weighted by Crippen LogP contribution is 2.32. The zero-order valence-corrected chi connectivity index (χ0v) is 22.5. The quantitative estimate of drug-likeness (QED) is 0.359. The molecular formula is C34H40N4. The lowest BCUT2D eigenvalue weighted by Gasteiger charge is -2.11. The number of hydrogen-bond donors (Lipinski definition) is 4. The first-order valence-corrected chi connectivity index (χ1v) is 14.4. The van der Waals surface area contributed by atoms with Crippen LogP contribution in [0.15, 0.2) is 116 Å². The largest absolute Gasteiger partial charge is 0.312 e. The minimum Gasteiger partial charge on any atom is -0.312 e. The molecule has 4 aliphatic carbocycles. The molecule has 4 bridgehead atoms. The third-order valence-corrected chi connectivity index (χ3v) is 7.41. The molecule has 0 saturated carbocycles. The second kappa shape index (κ2) is 14.1. The van der Waals surface area contributed by atoms with E-state index in [4.69, 9.17) is 0 Å². The van der Waals surface area contributed by atoms with E-state index in [-0.39, 0.29) is 0 Å². The van der Waals surface area contributed by atoms with Crippen molar-refractivity contribution in [1.29, 1.82) is 0 Å². The van der Waals surface area contributed by atoms with Crippen molar-refractivity contribution in [3.05, 3.63) is 116 Å². The van der Waals surface area contributed by atoms with Gasteiger partial charge in [-0.2, -0.15) is 0 Å². The van der Waals surface area contributed by atoms with Crippen LogP contribution in [-0.2, 0) is 0 Å². The van der Waals surface area contributed by atoms with Crippen molar-refractivity contribution in [3.63, 3.8) is 0 Å². The molecule has 0 aromatic carbocycles. The Morgan fingerprint density at radius 2 is 0.842 bits per heavy atom. The Hall–Kier alpha value is -3.12. The first-order chi connectivity index (χ1) is 18.9. The van der Waals surface area contributed by atoms with Crippen LogP contribution >= 0.6 is 0 Å². The van der Waals surface area contributed by atoms with Gasteiger partial charge in [-0.15, -0.1) is 22.9 Å². The molecule has 4 heteroatoms. The predicted octanol–water partition coefficient (Wildman–Crippen LogP) is 4.79. The van der Waals surface area contributed by atoms with Gasteiger partial charge in [-0.25, -0.2) is 0 Å². The maximum Gasteiger partial charge on any atom is 0.0369 e. The molecule has 5 aliphatic rings. The first-order valence-electron chi connectivity index (χ1n) is 14.4. The molecule has 4 nitrogen and oxygen atoms in total. The number of nitrogens with one attached hydrogen (secondary N) is 4. The minimum absolute atomic E-state index is 0.846. The molecule has 4 N–H and O–H groups in total. The van der Waals surface area contributed by atoms with Gasteiger partial charge in [0, 0.05) is 70.8 Å². The fourth-order valence-electron chi connectivity index (χ4n) is 5.38. The Kier molecular flexibility index (Phi) is 9.86. The molecule has 0 amide bonds. The van der Waals surface area contributed by atoms with Gasteiger partial charge in [-0.1, -0.05) is 49.3 Å². The van der Waals surface area contributed by atoms with Crippen LogP contribution < -0.4 is 21.3 Å². The first kappa shape index (κ1) is 26.5. The Morgan fingerprint density at radius 3 is 1.26 bits per heavy atom. The summed E-state index contributed by atoms with van der Waals surface area (Å²) in [5, 5.41) is 14.6. The van der Waals surface area contributed by atoms with E-state index >= 15 is 0 Å². The number of fused-ring (bicyclic) bond motifs is 6. The van der Waals surface area contributed by atoms with E-state index in [0.29, 0.717) is 0 Å². The number of allylic oxidation sites excluding steroid dienone is 6. The third-order valence-electron chi connectivity index (χ3n) is 7.41. The lowest BCUT2D eigenvalue weighted by molar-refractivity contribution is 0.594. The Morgan fingerprint density at radius 1 is 0.447 bits per heavy atom. The predicted molar refractivity (Wildman–Crippen MR) is 158 cm³/mol. The lowest BCUT2D eigenvalue weighted by atomic mass is 10.00. The van der Waals surface area contributed by atoms with Gasteiger partial charge >= 0.3 is 0 Å². The average Bonchev–Trinajstić information content (AvgIpc) is 3.18. The standard InChI is InChI=1S/C34H40N4/c1-5-13-31-27-21-28(32(31)14-6-1)24-36-18-10-4-12-20-38-26-30-22-29(33-15-7-2-8-16-34(30)33)25-37-19-11-3-9-17-35-23-27/h1-2,5-8,13,15,35-38H,3-4,9-12,17-20,23-26H2. The molecule has 38 heavy (non-hydrogen) atoms. The van der Waals surface area contributed by atoms with Crippen LogP contribution in [0, 0.1) is 0 Å². The highest BCUT2D eigenvalue weighted by molar-refractivity contribution is 5.65. The van der Waals surface area contributed by atoms with Crippen molar-refractivity contribution in [3.8, 4) is 0 Å². The van der Waals surface area contributed by atoms with Crippen molar-refractivity contribution < 1.29 is 0 Å². The average molecular weight is 505 g/mol. The summed E-state index contributed by atoms with van der Waals surface area (Å²) >= 11 is 0. The van der Waals surface area contributed by atoms with E-state index in [2.05, 4.69) is 80.6 Å². The minimum atomic E-state index is 0.846. The van der Waals surface area contributed by atoms with Crippen LogP contribution in [-0.4, -0.2) is 52.4 Å². The monoisotopic (exact) mass is 504 g/mol. The molecule has 0 fully saturated rings. The van der Waals surface area contributed by atoms with E-state index in [9.17, 15) is 0 Å². The van der Waals surface area contributed by atoms with Gasteiger partial charge in [0.25, 0.3) is 0 Å². The number of hydrogen-bond acceptors (Lipinski definition) is 4. The van der Waals surface area contributed by atoms with Crippen molar-refractivity contribution in [2.45, 2.75) is 38.5 Å². The van der Waals surface area contributed by atoms with Crippen LogP contribution in [0.2, 0.25) is 0 Å². The van der Waals surface area contributed by atoms with E-state index < -0.39 is 0 Å². The molecule has 1 heterocycles. The van der Waals surface area contributed by atoms with Crippen LogP contribution in [0.25, 0.3) is 0 Å². The third kappa shape index (κ3) is 7.04. The van der Waals surface area contributed by atoms with Crippen LogP contribution in [0.4, 0.5) is 0 Å². The van der Waals surface area contributed by atoms with Gasteiger partial charge < -0.3 is 21.3 Å². The molecule has 5 rings (SSSR count). The Balaban J connectivity index is 1.19. The van der Waals surface area contributed by atoms with Gasteiger partial charge in [0.1, 0.15) is 0 Å². The summed E-state index contributed by atoms with van der Waals surface area (Å²) < 4.78 is 0. The van der Waals surface area contributed by atoms with Crippen LogP contribution in [0.3, 0.4) is 0 Å². The lowest BCUT2D eigenvalue weighted by Crippen LogP contribution is -2.21. The molecule has 0 aromatic heterocycles. The molecular weight excluding hydrogens is 464 g/mol. The van der Waals surface area contributed by atoms with Gasteiger partial charge in [-0.05, 0) is 64.0 Å². The van der Waals surface area contributed by atoms with Crippen LogP contribution in [0.5, 0.6) is 0 Å². The van der Waals surface area contributed by atoms with Gasteiger partial charge in [0.05, 0.1) is 0 Å². The zero-order valence-electron chi connectivity index (χ0n) is 22.5. The summed E-state index contributed by atoms with van der Waals surface area (Å²) in [7, 11) is 0. The van der Waals surface area contributed by atoms with E-state index in [1.165, 1.54) is 83.1 Å². The summed E-state index contributed by atoms with van der Waals surface area (Å²) in [5.41, 5.74) is 24.3. The summed E-state index contributed by atoms with van der Waals surface area (Å²) in [4.78, 5) is 0. The fourth-order valence-corrected chi connectivity index (χ4v) is 5.38. The van der Waals surface area contributed by atoms with Crippen molar-refractivity contribution in [1.82, 2.24) is 21.3 Å². The molecule has 0 spiro atoms.